The average Bonchev–Trinajstić information content (AvgIpc) is 1.58. The first-order valence-corrected chi connectivity index (χ1v) is 30.2. The minimum Gasteiger partial charge on any atom is -0.508 e. The first-order valence-electron chi connectivity index (χ1n) is 41.7. The number of ether oxygens (including phenoxy) is 1. The summed E-state index contributed by atoms with van der Waals surface area (Å²) in [7, 11) is 0. The molecule has 0 atom stereocenters. The Kier molecular flexibility index (Phi) is 9.34. The van der Waals surface area contributed by atoms with E-state index in [-0.39, 0.29) is 88.4 Å². The maximum atomic E-state index is 10.5. The van der Waals surface area contributed by atoms with Gasteiger partial charge >= 0.3 is 0 Å². The van der Waals surface area contributed by atoms with Crippen molar-refractivity contribution in [1.29, 1.82) is 0 Å². The van der Waals surface area contributed by atoms with E-state index in [0.29, 0.717) is 55.1 Å². The van der Waals surface area contributed by atoms with Gasteiger partial charge in [0.1, 0.15) is 5.82 Å². The van der Waals surface area contributed by atoms with Crippen LogP contribution in [-0.4, -0.2) is 18.7 Å². The van der Waals surface area contributed by atoms with Gasteiger partial charge in [-0.2, -0.15) is 12.1 Å². The van der Waals surface area contributed by atoms with Crippen molar-refractivity contribution in [2.75, 3.05) is 0 Å². The molecule has 456 valence electrons. The maximum absolute atomic E-state index is 10.5. The molecule has 0 aliphatic carbocycles. The zero-order valence-electron chi connectivity index (χ0n) is 74.3. The summed E-state index contributed by atoms with van der Waals surface area (Å²) in [5.74, 6) is 0.0995. The molecule has 17 rings (SSSR count). The molecule has 16 aromatic rings. The van der Waals surface area contributed by atoms with E-state index in [1.54, 1.807) is 83.0 Å². The van der Waals surface area contributed by atoms with Crippen molar-refractivity contribution < 1.29 is 61.9 Å². The van der Waals surface area contributed by atoms with E-state index in [0.717, 1.165) is 22.3 Å². The number of para-hydroxylation sites is 5. The summed E-state index contributed by atoms with van der Waals surface area (Å²) in [5.41, 5.74) is 3.09. The summed E-state index contributed by atoms with van der Waals surface area (Å²) in [6.45, 7) is 11.6. The molecule has 1 aliphatic heterocycles. The Bertz CT molecular complexity index is 6860. The molecule has 94 heavy (non-hydrogen) atoms. The molecule has 0 unspecified atom stereocenters. The van der Waals surface area contributed by atoms with Gasteiger partial charge in [0.2, 0.25) is 0 Å². The Morgan fingerprint density at radius 2 is 1.09 bits per heavy atom. The van der Waals surface area contributed by atoms with E-state index in [1.165, 1.54) is 10.8 Å². The Morgan fingerprint density at radius 3 is 1.80 bits per heavy atom. The molecule has 6 nitrogen and oxygen atoms in total. The van der Waals surface area contributed by atoms with Gasteiger partial charge in [0.25, 0.3) is 6.33 Å². The number of hydrogen-bond donors (Lipinski definition) is 0. The van der Waals surface area contributed by atoms with E-state index >= 15 is 0 Å². The van der Waals surface area contributed by atoms with E-state index in [2.05, 4.69) is 51.4 Å². The Balaban J connectivity index is 0.0000102. The van der Waals surface area contributed by atoms with Gasteiger partial charge in [-0.25, -0.2) is 4.98 Å². The Morgan fingerprint density at radius 1 is 0.489 bits per heavy atom. The Labute approximate surface area is 594 Å². The van der Waals surface area contributed by atoms with Crippen molar-refractivity contribution in [3.05, 3.63) is 302 Å². The van der Waals surface area contributed by atoms with Crippen molar-refractivity contribution in [3.63, 3.8) is 0 Å². The molecule has 0 fully saturated rings. The standard InChI is InChI=1S/C87H65N5O.Pt/c1-86(2,3)54-56-44-45-88-83(46-56)92-78-40-20-17-34-71(78)75-52-81(91-76-38-18-15-32-69(76)70-33-16-19-39-77(70)91)82(53-80(75)92)93-64-29-21-28-63(51-64)89-55-90-84-65(61-48-59(57-24-9-7-10-25-57)47-60(49-61)58-26-11-8-12-27-58)35-22-36-73(84)74-50-62(87(4,5)6)42-43-68(74)66-30-13-14-31-67(66)72-37-23-41-79(89)85(72)90;/h7-50,52H,54H2,1-6H3;/q-2;/i7D,8D,9D,10D,11D,12D,15D,16D,18D,19D,24D,25D,26D,27D,32D,33D,38D,39D,47D,48D,49D,54D2;. The first-order chi connectivity index (χ1) is 54.9. The van der Waals surface area contributed by atoms with E-state index in [9.17, 15) is 17.8 Å². The van der Waals surface area contributed by atoms with Crippen LogP contribution in [0.4, 0.5) is 0 Å². The molecule has 0 saturated heterocycles. The summed E-state index contributed by atoms with van der Waals surface area (Å²) in [6.07, 6.45) is 3.30. The van der Waals surface area contributed by atoms with Crippen molar-refractivity contribution in [3.8, 4) is 101 Å². The molecule has 12 aromatic carbocycles. The number of aromatic nitrogens is 5. The minimum atomic E-state index is -1.89. The van der Waals surface area contributed by atoms with Gasteiger partial charge in [-0.3, -0.25) is 4.57 Å². The minimum absolute atomic E-state index is 0. The van der Waals surface area contributed by atoms with Crippen molar-refractivity contribution in [2.45, 2.75) is 53.3 Å². The van der Waals surface area contributed by atoms with Crippen molar-refractivity contribution >= 4 is 54.6 Å². The van der Waals surface area contributed by atoms with Crippen LogP contribution in [0.1, 0.15) is 84.2 Å². The van der Waals surface area contributed by atoms with Gasteiger partial charge in [-0.1, -0.05) is 246 Å². The number of nitrogens with zero attached hydrogens (tertiary/aromatic N) is 5. The quantitative estimate of drug-likeness (QED) is 0.107. The van der Waals surface area contributed by atoms with Gasteiger partial charge in [0.05, 0.1) is 45.5 Å². The van der Waals surface area contributed by atoms with E-state index in [4.69, 9.17) is 23.4 Å². The summed E-state index contributed by atoms with van der Waals surface area (Å²) in [6, 6.07) is 33.9. The van der Waals surface area contributed by atoms with Crippen LogP contribution in [0, 0.1) is 23.9 Å². The van der Waals surface area contributed by atoms with Gasteiger partial charge in [-0.05, 0) is 160 Å². The molecule has 1 aliphatic rings. The molecule has 0 amide bonds. The van der Waals surface area contributed by atoms with Crippen LogP contribution in [0.25, 0.3) is 144 Å². The van der Waals surface area contributed by atoms with Crippen molar-refractivity contribution in [1.82, 2.24) is 18.7 Å². The fourth-order valence-corrected chi connectivity index (χ4v) is 12.8. The van der Waals surface area contributed by atoms with Crippen LogP contribution >= 0.6 is 0 Å². The Hall–Kier alpha value is -10.7. The normalized spacial score (nSPS) is 15.7. The topological polar surface area (TPSA) is 40.8 Å². The third kappa shape index (κ3) is 9.98. The summed E-state index contributed by atoms with van der Waals surface area (Å²) in [5, 5.41) is 0.679. The van der Waals surface area contributed by atoms with Gasteiger partial charge < -0.3 is 18.4 Å². The van der Waals surface area contributed by atoms with Crippen LogP contribution < -0.4 is 9.30 Å². The second-order valence-corrected chi connectivity index (χ2v) is 24.9. The van der Waals surface area contributed by atoms with Gasteiger partial charge in [0.15, 0.2) is 0 Å². The van der Waals surface area contributed by atoms with Crippen molar-refractivity contribution in [2.24, 2.45) is 5.41 Å². The molecule has 7 heteroatoms. The average molecular weight is 1410 g/mol. The summed E-state index contributed by atoms with van der Waals surface area (Å²) < 4.78 is 228. The number of benzene rings is 12. The molecule has 0 N–H and O–H groups in total. The predicted molar refractivity (Wildman–Crippen MR) is 382 cm³/mol. The largest absolute Gasteiger partial charge is 0.508 e. The molecule has 0 bridgehead atoms. The molecule has 0 radical (unpaired) electrons. The molecule has 0 spiro atoms. The molecular weight excluding hydrogens is 1330 g/mol. The van der Waals surface area contributed by atoms with Crippen LogP contribution in [0.5, 0.6) is 11.5 Å². The maximum Gasteiger partial charge on any atom is 0.268 e. The van der Waals surface area contributed by atoms with Crippen LogP contribution in [-0.2, 0) is 32.9 Å². The molecule has 5 heterocycles. The second-order valence-electron chi connectivity index (χ2n) is 24.9. The fraction of sp³-hybridized carbons (Fsp3) is 0.103. The molecule has 4 aromatic heterocycles. The number of hydrogen-bond acceptors (Lipinski definition) is 2. The molecular formula is C87H65N5OPt-2. The number of imidazole rings is 1. The van der Waals surface area contributed by atoms with Crippen LogP contribution in [0.2, 0.25) is 0 Å². The third-order valence-corrected chi connectivity index (χ3v) is 16.8. The fourth-order valence-electron chi connectivity index (χ4n) is 12.8. The zero-order chi connectivity index (χ0) is 82.8. The number of fused-ring (bicyclic) bond motifs is 13. The SMILES string of the molecule is [2H]c1c([2H])c([2H])c(-c2c([2H])c(-c3cccc4c3-[n+]3[c-]n(-c5[c-]c(Oc6[c-]c7c(cc6-n6c8c([2H])c([2H])c([2H])c([2H])c8c8c([2H])c([2H])c([2H])c([2H])c86)c6ccccc6n7-c6cc(C([2H])([2H])C(C)(C)C)ccn6)ccc5)c5cccc(c53)-c3ccccc3-c3ccc(C(C)(C)C)cc3-4)c([2H])c(-c3c([2H])c([2H])c([2H])c([2H])c3[2H])c2[2H])c([2H])c1[2H].[Pt]. The summed E-state index contributed by atoms with van der Waals surface area (Å²) in [4.78, 5) is 4.84. The molecule has 0 saturated carbocycles. The monoisotopic (exact) mass is 1410 g/mol. The smallest absolute Gasteiger partial charge is 0.268 e. The third-order valence-electron chi connectivity index (χ3n) is 16.8. The number of pyridine rings is 1. The predicted octanol–water partition coefficient (Wildman–Crippen LogP) is 21.9. The number of rotatable bonds is 9. The van der Waals surface area contributed by atoms with E-state index < -0.39 is 166 Å². The first kappa shape index (κ1) is 38.4. The van der Waals surface area contributed by atoms with E-state index in [1.807, 2.05) is 78.9 Å². The van der Waals surface area contributed by atoms with Gasteiger partial charge in [-0.15, -0.1) is 24.3 Å². The van der Waals surface area contributed by atoms with Crippen LogP contribution in [0.15, 0.2) is 273 Å². The van der Waals surface area contributed by atoms with Gasteiger partial charge in [0, 0.05) is 68.8 Å². The summed E-state index contributed by atoms with van der Waals surface area (Å²) >= 11 is 0. The zero-order valence-corrected chi connectivity index (χ0v) is 53.6. The second kappa shape index (κ2) is 22.9. The van der Waals surface area contributed by atoms with Crippen LogP contribution in [0.3, 0.4) is 0 Å².